The molecular weight excluding hydrogens is 250 g/mol. The van der Waals surface area contributed by atoms with Gasteiger partial charge in [0.1, 0.15) is 11.3 Å². The van der Waals surface area contributed by atoms with Gasteiger partial charge < -0.3 is 5.32 Å². The molecule has 4 heteroatoms. The first-order chi connectivity index (χ1) is 9.69. The maximum Gasteiger partial charge on any atom is 0.270 e. The minimum Gasteiger partial charge on any atom is -0.351 e. The first kappa shape index (κ1) is 14.6. The van der Waals surface area contributed by atoms with E-state index in [0.717, 1.165) is 49.1 Å². The molecule has 2 rings (SSSR count). The van der Waals surface area contributed by atoms with E-state index in [4.69, 9.17) is 0 Å². The molecule has 0 aromatic carbocycles. The summed E-state index contributed by atoms with van der Waals surface area (Å²) < 4.78 is 1.91. The van der Waals surface area contributed by atoms with Crippen molar-refractivity contribution in [3.05, 3.63) is 35.3 Å². The summed E-state index contributed by atoms with van der Waals surface area (Å²) in [4.78, 5) is 17.0. The predicted molar refractivity (Wildman–Crippen MR) is 81.2 cm³/mol. The highest BCUT2D eigenvalue weighted by Crippen LogP contribution is 2.16. The monoisotopic (exact) mass is 273 g/mol. The summed E-state index contributed by atoms with van der Waals surface area (Å²) in [5.74, 6) is -0.0175. The third kappa shape index (κ3) is 2.84. The van der Waals surface area contributed by atoms with Crippen LogP contribution >= 0.6 is 0 Å². The lowest BCUT2D eigenvalue weighted by molar-refractivity contribution is 0.0946. The molecule has 2 aromatic rings. The molecule has 0 radical (unpaired) electrons. The Morgan fingerprint density at radius 3 is 2.85 bits per heavy atom. The van der Waals surface area contributed by atoms with Gasteiger partial charge in [0.2, 0.25) is 0 Å². The van der Waals surface area contributed by atoms with Gasteiger partial charge in [0.05, 0.1) is 5.69 Å². The van der Waals surface area contributed by atoms with E-state index in [2.05, 4.69) is 17.2 Å². The lowest BCUT2D eigenvalue weighted by Gasteiger charge is -2.06. The Balaban J connectivity index is 2.28. The fourth-order valence-electron chi connectivity index (χ4n) is 2.40. The molecule has 0 spiro atoms. The maximum absolute atomic E-state index is 12.4. The Kier molecular flexibility index (Phi) is 4.77. The number of hydrogen-bond acceptors (Lipinski definition) is 2. The number of rotatable bonds is 6. The molecule has 2 aromatic heterocycles. The fourth-order valence-corrected chi connectivity index (χ4v) is 2.40. The van der Waals surface area contributed by atoms with Gasteiger partial charge in [0.25, 0.3) is 5.91 Å². The van der Waals surface area contributed by atoms with Crippen molar-refractivity contribution in [2.24, 2.45) is 0 Å². The number of aromatic nitrogens is 2. The zero-order chi connectivity index (χ0) is 14.5. The number of amides is 1. The van der Waals surface area contributed by atoms with Gasteiger partial charge in [-0.25, -0.2) is 4.98 Å². The van der Waals surface area contributed by atoms with Crippen molar-refractivity contribution in [1.29, 1.82) is 0 Å². The summed E-state index contributed by atoms with van der Waals surface area (Å²) in [5, 5.41) is 3.01. The largest absolute Gasteiger partial charge is 0.351 e. The van der Waals surface area contributed by atoms with Crippen LogP contribution in [0.5, 0.6) is 0 Å². The number of imidazole rings is 1. The van der Waals surface area contributed by atoms with E-state index in [9.17, 15) is 4.79 Å². The standard InChI is InChI=1S/C16H23N3O/c1-4-6-7-10-17-16(20)14-13(5-2)18-15-12(3)9-8-11-19(14)15/h8-9,11H,4-7,10H2,1-3H3,(H,17,20). The van der Waals surface area contributed by atoms with E-state index < -0.39 is 0 Å². The quantitative estimate of drug-likeness (QED) is 0.822. The number of nitrogens with one attached hydrogen (secondary N) is 1. The van der Waals surface area contributed by atoms with Crippen LogP contribution < -0.4 is 5.32 Å². The number of unbranched alkanes of at least 4 members (excludes halogenated alkanes) is 2. The number of aryl methyl sites for hydroxylation is 2. The van der Waals surface area contributed by atoms with Crippen molar-refractivity contribution in [3.8, 4) is 0 Å². The first-order valence-electron chi connectivity index (χ1n) is 7.43. The Morgan fingerprint density at radius 1 is 1.35 bits per heavy atom. The van der Waals surface area contributed by atoms with Crippen LogP contribution in [0.4, 0.5) is 0 Å². The van der Waals surface area contributed by atoms with Crippen molar-refractivity contribution < 1.29 is 4.79 Å². The average Bonchev–Trinajstić information content (AvgIpc) is 2.83. The van der Waals surface area contributed by atoms with Crippen LogP contribution in [0, 0.1) is 6.92 Å². The van der Waals surface area contributed by atoms with Gasteiger partial charge in [0.15, 0.2) is 0 Å². The van der Waals surface area contributed by atoms with Gasteiger partial charge in [-0.1, -0.05) is 32.8 Å². The molecule has 0 saturated carbocycles. The minimum absolute atomic E-state index is 0.0175. The molecule has 0 aliphatic heterocycles. The van der Waals surface area contributed by atoms with E-state index >= 15 is 0 Å². The number of pyridine rings is 1. The van der Waals surface area contributed by atoms with Crippen LogP contribution in [0.3, 0.4) is 0 Å². The van der Waals surface area contributed by atoms with Crippen molar-refractivity contribution in [1.82, 2.24) is 14.7 Å². The van der Waals surface area contributed by atoms with Crippen molar-refractivity contribution >= 4 is 11.6 Å². The highest BCUT2D eigenvalue weighted by Gasteiger charge is 2.18. The Morgan fingerprint density at radius 2 is 2.15 bits per heavy atom. The highest BCUT2D eigenvalue weighted by molar-refractivity contribution is 5.94. The van der Waals surface area contributed by atoms with Crippen molar-refractivity contribution in [2.75, 3.05) is 6.54 Å². The average molecular weight is 273 g/mol. The number of nitrogens with zero attached hydrogens (tertiary/aromatic N) is 2. The first-order valence-corrected chi connectivity index (χ1v) is 7.43. The zero-order valence-electron chi connectivity index (χ0n) is 12.6. The van der Waals surface area contributed by atoms with Crippen molar-refractivity contribution in [2.45, 2.75) is 46.5 Å². The molecular formula is C16H23N3O. The van der Waals surface area contributed by atoms with E-state index in [1.165, 1.54) is 0 Å². The lowest BCUT2D eigenvalue weighted by atomic mass is 10.2. The lowest BCUT2D eigenvalue weighted by Crippen LogP contribution is -2.26. The second-order valence-electron chi connectivity index (χ2n) is 5.11. The van der Waals surface area contributed by atoms with Crippen LogP contribution in [-0.2, 0) is 6.42 Å². The summed E-state index contributed by atoms with van der Waals surface area (Å²) in [6, 6.07) is 3.97. The molecule has 4 nitrogen and oxygen atoms in total. The highest BCUT2D eigenvalue weighted by atomic mass is 16.1. The van der Waals surface area contributed by atoms with Gasteiger partial charge in [-0.3, -0.25) is 9.20 Å². The van der Waals surface area contributed by atoms with Gasteiger partial charge in [-0.2, -0.15) is 0 Å². The van der Waals surface area contributed by atoms with E-state index in [-0.39, 0.29) is 5.91 Å². The molecule has 1 N–H and O–H groups in total. The molecule has 0 aliphatic rings. The maximum atomic E-state index is 12.4. The Labute approximate surface area is 120 Å². The minimum atomic E-state index is -0.0175. The second kappa shape index (κ2) is 6.55. The predicted octanol–water partition coefficient (Wildman–Crippen LogP) is 3.13. The fraction of sp³-hybridized carbons (Fsp3) is 0.500. The van der Waals surface area contributed by atoms with Crippen LogP contribution in [0.15, 0.2) is 18.3 Å². The normalized spacial score (nSPS) is 10.9. The van der Waals surface area contributed by atoms with Crippen LogP contribution in [-0.4, -0.2) is 21.8 Å². The number of carbonyl (C=O) groups excluding carboxylic acids is 1. The van der Waals surface area contributed by atoms with E-state index in [1.807, 2.05) is 36.6 Å². The van der Waals surface area contributed by atoms with Gasteiger partial charge in [-0.05, 0) is 31.4 Å². The Hall–Kier alpha value is -1.84. The summed E-state index contributed by atoms with van der Waals surface area (Å²) >= 11 is 0. The van der Waals surface area contributed by atoms with E-state index in [0.29, 0.717) is 5.69 Å². The number of carbonyl (C=O) groups is 1. The Bertz CT molecular complexity index is 601. The van der Waals surface area contributed by atoms with Gasteiger partial charge in [0, 0.05) is 12.7 Å². The third-order valence-electron chi connectivity index (χ3n) is 3.53. The van der Waals surface area contributed by atoms with E-state index in [1.54, 1.807) is 0 Å². The third-order valence-corrected chi connectivity index (χ3v) is 3.53. The molecule has 0 atom stereocenters. The SMILES string of the molecule is CCCCCNC(=O)c1c(CC)nc2c(C)cccn12. The molecule has 108 valence electrons. The number of fused-ring (bicyclic) bond motifs is 1. The molecule has 0 aliphatic carbocycles. The number of hydrogen-bond donors (Lipinski definition) is 1. The van der Waals surface area contributed by atoms with Crippen LogP contribution in [0.2, 0.25) is 0 Å². The second-order valence-corrected chi connectivity index (χ2v) is 5.11. The molecule has 1 amide bonds. The van der Waals surface area contributed by atoms with Gasteiger partial charge in [-0.15, -0.1) is 0 Å². The van der Waals surface area contributed by atoms with Crippen LogP contribution in [0.1, 0.15) is 54.9 Å². The topological polar surface area (TPSA) is 46.4 Å². The molecule has 0 bridgehead atoms. The smallest absolute Gasteiger partial charge is 0.270 e. The van der Waals surface area contributed by atoms with Gasteiger partial charge >= 0.3 is 0 Å². The molecule has 0 unspecified atom stereocenters. The molecule has 20 heavy (non-hydrogen) atoms. The summed E-state index contributed by atoms with van der Waals surface area (Å²) in [6.07, 6.45) is 6.01. The summed E-state index contributed by atoms with van der Waals surface area (Å²) in [6.45, 7) is 6.94. The molecule has 0 fully saturated rings. The van der Waals surface area contributed by atoms with Crippen LogP contribution in [0.25, 0.3) is 5.65 Å². The summed E-state index contributed by atoms with van der Waals surface area (Å²) in [7, 11) is 0. The van der Waals surface area contributed by atoms with Crippen molar-refractivity contribution in [3.63, 3.8) is 0 Å². The summed E-state index contributed by atoms with van der Waals surface area (Å²) in [5.41, 5.74) is 3.52. The zero-order valence-corrected chi connectivity index (χ0v) is 12.6. The molecule has 0 saturated heterocycles. The molecule has 2 heterocycles.